The van der Waals surface area contributed by atoms with Crippen molar-refractivity contribution in [2.75, 3.05) is 13.2 Å². The van der Waals surface area contributed by atoms with E-state index in [0.717, 1.165) is 26.1 Å². The van der Waals surface area contributed by atoms with Crippen molar-refractivity contribution in [3.8, 4) is 0 Å². The molecule has 5 heteroatoms. The third-order valence-electron chi connectivity index (χ3n) is 3.45. The first-order chi connectivity index (χ1) is 8.50. The van der Waals surface area contributed by atoms with Crippen molar-refractivity contribution in [3.05, 3.63) is 23.2 Å². The Labute approximate surface area is 106 Å². The molecule has 0 spiro atoms. The lowest BCUT2D eigenvalue weighted by Crippen LogP contribution is -2.46. The predicted octanol–water partition coefficient (Wildman–Crippen LogP) is 1.94. The molecule has 5 nitrogen and oxygen atoms in total. The largest absolute Gasteiger partial charge is 0.475 e. The minimum Gasteiger partial charge on any atom is -0.475 e. The van der Waals surface area contributed by atoms with Gasteiger partial charge in [0.05, 0.1) is 6.54 Å². The van der Waals surface area contributed by atoms with E-state index in [1.807, 2.05) is 0 Å². The van der Waals surface area contributed by atoms with Gasteiger partial charge in [-0.3, -0.25) is 0 Å². The summed E-state index contributed by atoms with van der Waals surface area (Å²) in [6.45, 7) is 5.97. The summed E-state index contributed by atoms with van der Waals surface area (Å²) in [4.78, 5) is 10.9. The zero-order valence-electron chi connectivity index (χ0n) is 10.8. The number of nitrogens with one attached hydrogen (secondary N) is 1. The average Bonchev–Trinajstić information content (AvgIpc) is 2.69. The van der Waals surface area contributed by atoms with Gasteiger partial charge in [0.15, 0.2) is 0 Å². The second-order valence-corrected chi connectivity index (χ2v) is 5.06. The first-order valence-corrected chi connectivity index (χ1v) is 6.15. The van der Waals surface area contributed by atoms with Gasteiger partial charge >= 0.3 is 5.97 Å². The van der Waals surface area contributed by atoms with Crippen LogP contribution in [-0.2, 0) is 11.3 Å². The molecule has 0 aromatic carbocycles. The third kappa shape index (κ3) is 2.91. The van der Waals surface area contributed by atoms with Crippen LogP contribution in [0.5, 0.6) is 0 Å². The lowest BCUT2D eigenvalue weighted by atomic mass is 9.92. The minimum atomic E-state index is -1.02. The molecule has 1 saturated heterocycles. The van der Waals surface area contributed by atoms with Gasteiger partial charge in [0.25, 0.3) is 0 Å². The fraction of sp³-hybridized carbons (Fsp3) is 0.615. The molecular formula is C13H19NO4. The minimum absolute atomic E-state index is 0.0314. The molecule has 100 valence electrons. The SMILES string of the molecule is Cc1cc(CNC2(C)CCOCC2)oc1C(=O)O. The Morgan fingerprint density at radius 3 is 2.72 bits per heavy atom. The summed E-state index contributed by atoms with van der Waals surface area (Å²) in [7, 11) is 0. The van der Waals surface area contributed by atoms with E-state index in [0.29, 0.717) is 17.9 Å². The highest BCUT2D eigenvalue weighted by atomic mass is 16.5. The number of hydrogen-bond acceptors (Lipinski definition) is 4. The lowest BCUT2D eigenvalue weighted by molar-refractivity contribution is 0.0438. The summed E-state index contributed by atoms with van der Waals surface area (Å²) in [5.74, 6) is -0.322. The molecule has 1 fully saturated rings. The fourth-order valence-corrected chi connectivity index (χ4v) is 2.15. The van der Waals surface area contributed by atoms with Crippen LogP contribution in [0.15, 0.2) is 10.5 Å². The van der Waals surface area contributed by atoms with Crippen molar-refractivity contribution in [1.29, 1.82) is 0 Å². The normalized spacial score (nSPS) is 18.8. The Hall–Kier alpha value is -1.33. The lowest BCUT2D eigenvalue weighted by Gasteiger charge is -2.34. The maximum atomic E-state index is 10.9. The number of hydrogen-bond donors (Lipinski definition) is 2. The summed E-state index contributed by atoms with van der Waals surface area (Å²) in [6, 6.07) is 1.78. The molecule has 0 atom stereocenters. The van der Waals surface area contributed by atoms with E-state index < -0.39 is 5.97 Å². The van der Waals surface area contributed by atoms with Gasteiger partial charge in [0.2, 0.25) is 5.76 Å². The fourth-order valence-electron chi connectivity index (χ4n) is 2.15. The Morgan fingerprint density at radius 2 is 2.17 bits per heavy atom. The molecule has 0 bridgehead atoms. The number of carboxylic acid groups (broad SMARTS) is 1. The third-order valence-corrected chi connectivity index (χ3v) is 3.45. The first-order valence-electron chi connectivity index (χ1n) is 6.15. The molecule has 2 N–H and O–H groups in total. The van der Waals surface area contributed by atoms with Crippen LogP contribution in [0.4, 0.5) is 0 Å². The van der Waals surface area contributed by atoms with Gasteiger partial charge in [-0.25, -0.2) is 4.79 Å². The number of ether oxygens (including phenoxy) is 1. The molecule has 0 aliphatic carbocycles. The smallest absolute Gasteiger partial charge is 0.372 e. The van der Waals surface area contributed by atoms with E-state index in [4.69, 9.17) is 14.3 Å². The predicted molar refractivity (Wildman–Crippen MR) is 65.7 cm³/mol. The summed E-state index contributed by atoms with van der Waals surface area (Å²) in [6.07, 6.45) is 1.91. The van der Waals surface area contributed by atoms with Crippen LogP contribution in [0.1, 0.15) is 41.6 Å². The molecule has 0 amide bonds. The first kappa shape index (κ1) is 13.1. The maximum Gasteiger partial charge on any atom is 0.372 e. The summed E-state index contributed by atoms with van der Waals surface area (Å²) >= 11 is 0. The van der Waals surface area contributed by atoms with E-state index >= 15 is 0 Å². The van der Waals surface area contributed by atoms with E-state index in [9.17, 15) is 4.79 Å². The molecule has 0 saturated carbocycles. The summed E-state index contributed by atoms with van der Waals surface area (Å²) in [5.41, 5.74) is 0.707. The molecule has 1 aliphatic rings. The van der Waals surface area contributed by atoms with Crippen LogP contribution in [0.25, 0.3) is 0 Å². The summed E-state index contributed by atoms with van der Waals surface area (Å²) in [5, 5.41) is 12.3. The summed E-state index contributed by atoms with van der Waals surface area (Å²) < 4.78 is 10.6. The van der Waals surface area contributed by atoms with Crippen molar-refractivity contribution < 1.29 is 19.1 Å². The molecule has 1 aliphatic heterocycles. The Bertz CT molecular complexity index is 432. The average molecular weight is 253 g/mol. The molecule has 1 aromatic heterocycles. The van der Waals surface area contributed by atoms with E-state index in [1.165, 1.54) is 0 Å². The standard InChI is InChI=1S/C13H19NO4/c1-9-7-10(18-11(9)12(15)16)8-14-13(2)3-5-17-6-4-13/h7,14H,3-6,8H2,1-2H3,(H,15,16). The topological polar surface area (TPSA) is 71.7 Å². The second-order valence-electron chi connectivity index (χ2n) is 5.06. The number of aryl methyl sites for hydroxylation is 1. The quantitative estimate of drug-likeness (QED) is 0.858. The zero-order chi connectivity index (χ0) is 13.2. The van der Waals surface area contributed by atoms with Gasteiger partial charge in [-0.15, -0.1) is 0 Å². The van der Waals surface area contributed by atoms with Crippen LogP contribution in [0, 0.1) is 6.92 Å². The van der Waals surface area contributed by atoms with Gasteiger partial charge < -0.3 is 19.6 Å². The molecule has 0 radical (unpaired) electrons. The van der Waals surface area contributed by atoms with Gasteiger partial charge in [0.1, 0.15) is 5.76 Å². The van der Waals surface area contributed by atoms with E-state index in [1.54, 1.807) is 13.0 Å². The van der Waals surface area contributed by atoms with Crippen LogP contribution >= 0.6 is 0 Å². The van der Waals surface area contributed by atoms with Gasteiger partial charge in [-0.1, -0.05) is 0 Å². The Morgan fingerprint density at radius 1 is 1.50 bits per heavy atom. The number of carbonyl (C=O) groups is 1. The Kier molecular flexibility index (Phi) is 3.73. The van der Waals surface area contributed by atoms with E-state index in [2.05, 4.69) is 12.2 Å². The number of furan rings is 1. The molecule has 2 rings (SSSR count). The van der Waals surface area contributed by atoms with Crippen LogP contribution in [-0.4, -0.2) is 29.8 Å². The second kappa shape index (κ2) is 5.12. The van der Waals surface area contributed by atoms with E-state index in [-0.39, 0.29) is 11.3 Å². The van der Waals surface area contributed by atoms with Crippen LogP contribution in [0.3, 0.4) is 0 Å². The molecular weight excluding hydrogens is 234 g/mol. The van der Waals surface area contributed by atoms with Crippen LogP contribution in [0.2, 0.25) is 0 Å². The highest BCUT2D eigenvalue weighted by Gasteiger charge is 2.27. The Balaban J connectivity index is 1.97. The highest BCUT2D eigenvalue weighted by Crippen LogP contribution is 2.21. The number of carboxylic acids is 1. The van der Waals surface area contributed by atoms with Crippen molar-refractivity contribution in [3.63, 3.8) is 0 Å². The van der Waals surface area contributed by atoms with Gasteiger partial charge in [0, 0.05) is 24.3 Å². The number of aromatic carboxylic acids is 1. The molecule has 0 unspecified atom stereocenters. The van der Waals surface area contributed by atoms with Gasteiger partial charge in [-0.2, -0.15) is 0 Å². The van der Waals surface area contributed by atoms with Crippen molar-refractivity contribution in [1.82, 2.24) is 5.32 Å². The maximum absolute atomic E-state index is 10.9. The monoisotopic (exact) mass is 253 g/mol. The molecule has 18 heavy (non-hydrogen) atoms. The zero-order valence-corrected chi connectivity index (χ0v) is 10.8. The molecule has 1 aromatic rings. The highest BCUT2D eigenvalue weighted by molar-refractivity contribution is 5.86. The molecule has 2 heterocycles. The van der Waals surface area contributed by atoms with Crippen molar-refractivity contribution in [2.45, 2.75) is 38.8 Å². The number of rotatable bonds is 4. The van der Waals surface area contributed by atoms with Crippen molar-refractivity contribution in [2.24, 2.45) is 0 Å². The van der Waals surface area contributed by atoms with Crippen LogP contribution < -0.4 is 5.32 Å². The van der Waals surface area contributed by atoms with Crippen molar-refractivity contribution >= 4 is 5.97 Å². The van der Waals surface area contributed by atoms with Gasteiger partial charge in [-0.05, 0) is 32.8 Å².